The van der Waals surface area contributed by atoms with E-state index in [2.05, 4.69) is 20.3 Å². The Bertz CT molecular complexity index is 914. The molecule has 0 saturated carbocycles. The molecule has 6 nitrogen and oxygen atoms in total. The molecule has 7 heteroatoms. The van der Waals surface area contributed by atoms with Crippen molar-refractivity contribution in [1.82, 2.24) is 24.8 Å². The highest BCUT2D eigenvalue weighted by molar-refractivity contribution is 7.19. The molecule has 3 heterocycles. The van der Waals surface area contributed by atoms with Gasteiger partial charge < -0.3 is 4.74 Å². The lowest BCUT2D eigenvalue weighted by Gasteiger charge is -2.00. The van der Waals surface area contributed by atoms with Gasteiger partial charge in [-0.25, -0.2) is 0 Å². The van der Waals surface area contributed by atoms with Gasteiger partial charge in [-0.15, -0.1) is 10.2 Å². The third-order valence-corrected chi connectivity index (χ3v) is 4.21. The Labute approximate surface area is 130 Å². The van der Waals surface area contributed by atoms with Crippen LogP contribution in [0.3, 0.4) is 0 Å². The first kappa shape index (κ1) is 12.9. The van der Waals surface area contributed by atoms with Crippen molar-refractivity contribution in [3.63, 3.8) is 0 Å². The smallest absolute Gasteiger partial charge is 0.235 e. The Morgan fingerprint density at radius 3 is 2.45 bits per heavy atom. The Morgan fingerprint density at radius 1 is 0.955 bits per heavy atom. The van der Waals surface area contributed by atoms with E-state index >= 15 is 0 Å². The minimum atomic E-state index is 0.716. The van der Waals surface area contributed by atoms with Gasteiger partial charge in [-0.1, -0.05) is 11.3 Å². The van der Waals surface area contributed by atoms with Crippen molar-refractivity contribution in [1.29, 1.82) is 0 Å². The van der Waals surface area contributed by atoms with Crippen LogP contribution < -0.4 is 4.74 Å². The van der Waals surface area contributed by atoms with Crippen LogP contribution in [-0.2, 0) is 0 Å². The molecule has 0 radical (unpaired) electrons. The average molecular weight is 309 g/mol. The van der Waals surface area contributed by atoms with E-state index in [1.165, 1.54) is 11.3 Å². The van der Waals surface area contributed by atoms with Crippen LogP contribution in [0.1, 0.15) is 0 Å². The molecule has 22 heavy (non-hydrogen) atoms. The molecule has 0 aliphatic carbocycles. The summed E-state index contributed by atoms with van der Waals surface area (Å²) in [6.07, 6.45) is 3.46. The second-order valence-electron chi connectivity index (χ2n) is 4.59. The molecule has 0 unspecified atom stereocenters. The number of hydrogen-bond donors (Lipinski definition) is 0. The number of methoxy groups -OCH3 is 1. The van der Waals surface area contributed by atoms with Crippen molar-refractivity contribution in [2.24, 2.45) is 0 Å². The molecule has 3 aromatic heterocycles. The highest BCUT2D eigenvalue weighted by atomic mass is 32.1. The van der Waals surface area contributed by atoms with E-state index in [1.807, 2.05) is 36.4 Å². The van der Waals surface area contributed by atoms with E-state index in [0.29, 0.717) is 5.82 Å². The van der Waals surface area contributed by atoms with E-state index in [1.54, 1.807) is 24.0 Å². The first-order chi connectivity index (χ1) is 10.8. The molecule has 0 bridgehead atoms. The Balaban J connectivity index is 1.79. The third-order valence-electron chi connectivity index (χ3n) is 3.27. The number of nitrogens with zero attached hydrogens (tertiary/aromatic N) is 5. The summed E-state index contributed by atoms with van der Waals surface area (Å²) in [6, 6.07) is 11.6. The molecular weight excluding hydrogens is 298 g/mol. The van der Waals surface area contributed by atoms with Gasteiger partial charge in [0.1, 0.15) is 10.8 Å². The van der Waals surface area contributed by atoms with Crippen molar-refractivity contribution in [2.75, 3.05) is 7.11 Å². The average Bonchev–Trinajstić information content (AvgIpc) is 3.16. The minimum absolute atomic E-state index is 0.716. The highest BCUT2D eigenvalue weighted by Crippen LogP contribution is 2.28. The summed E-state index contributed by atoms with van der Waals surface area (Å²) in [5.41, 5.74) is 1.96. The number of benzene rings is 1. The van der Waals surface area contributed by atoms with Crippen LogP contribution in [-0.4, -0.2) is 31.9 Å². The fraction of sp³-hybridized carbons (Fsp3) is 0.0667. The molecule has 108 valence electrons. The van der Waals surface area contributed by atoms with Crippen molar-refractivity contribution in [3.8, 4) is 27.7 Å². The summed E-state index contributed by atoms with van der Waals surface area (Å²) in [5.74, 6) is 1.54. The predicted octanol–water partition coefficient (Wildman–Crippen LogP) is 2.92. The molecule has 0 aliphatic rings. The van der Waals surface area contributed by atoms with Crippen LogP contribution in [0.15, 0.2) is 48.8 Å². The zero-order valence-electron chi connectivity index (χ0n) is 11.7. The Kier molecular flexibility index (Phi) is 3.05. The number of rotatable bonds is 3. The van der Waals surface area contributed by atoms with Gasteiger partial charge in [-0.3, -0.25) is 4.98 Å². The van der Waals surface area contributed by atoms with Crippen LogP contribution >= 0.6 is 11.3 Å². The van der Waals surface area contributed by atoms with Crippen molar-refractivity contribution in [2.45, 2.75) is 0 Å². The second kappa shape index (κ2) is 5.19. The molecule has 0 N–H and O–H groups in total. The van der Waals surface area contributed by atoms with Gasteiger partial charge in [0, 0.05) is 23.5 Å². The first-order valence-corrected chi connectivity index (χ1v) is 7.44. The lowest BCUT2D eigenvalue weighted by atomic mass is 10.2. The van der Waals surface area contributed by atoms with E-state index in [4.69, 9.17) is 4.74 Å². The minimum Gasteiger partial charge on any atom is -0.497 e. The summed E-state index contributed by atoms with van der Waals surface area (Å²) in [5, 5.41) is 13.9. The lowest BCUT2D eigenvalue weighted by molar-refractivity contribution is 0.415. The number of ether oxygens (including phenoxy) is 1. The normalized spacial score (nSPS) is 11.0. The van der Waals surface area contributed by atoms with Gasteiger partial charge in [0.05, 0.1) is 7.11 Å². The number of fused-ring (bicyclic) bond motifs is 1. The van der Waals surface area contributed by atoms with Crippen LogP contribution in [0.25, 0.3) is 26.9 Å². The van der Waals surface area contributed by atoms with Gasteiger partial charge in [0.15, 0.2) is 5.82 Å². The lowest BCUT2D eigenvalue weighted by Crippen LogP contribution is -1.91. The monoisotopic (exact) mass is 309 g/mol. The fourth-order valence-corrected chi connectivity index (χ4v) is 2.99. The molecule has 4 rings (SSSR count). The van der Waals surface area contributed by atoms with E-state index < -0.39 is 0 Å². The molecule has 0 saturated heterocycles. The van der Waals surface area contributed by atoms with Crippen LogP contribution in [0.2, 0.25) is 0 Å². The molecular formula is C15H11N5OS. The molecule has 0 atom stereocenters. The van der Waals surface area contributed by atoms with Crippen molar-refractivity contribution in [3.05, 3.63) is 48.8 Å². The van der Waals surface area contributed by atoms with Crippen molar-refractivity contribution < 1.29 is 4.74 Å². The first-order valence-electron chi connectivity index (χ1n) is 6.62. The molecule has 0 spiro atoms. The van der Waals surface area contributed by atoms with Crippen LogP contribution in [0.4, 0.5) is 0 Å². The van der Waals surface area contributed by atoms with Crippen molar-refractivity contribution >= 4 is 16.3 Å². The summed E-state index contributed by atoms with van der Waals surface area (Å²) < 4.78 is 6.94. The summed E-state index contributed by atoms with van der Waals surface area (Å²) in [6.45, 7) is 0. The van der Waals surface area contributed by atoms with Crippen LogP contribution in [0.5, 0.6) is 5.75 Å². The van der Waals surface area contributed by atoms with Gasteiger partial charge >= 0.3 is 0 Å². The summed E-state index contributed by atoms with van der Waals surface area (Å²) >= 11 is 1.50. The fourth-order valence-electron chi connectivity index (χ4n) is 2.15. The second-order valence-corrected chi connectivity index (χ2v) is 5.55. The molecule has 1 aromatic carbocycles. The highest BCUT2D eigenvalue weighted by Gasteiger charge is 2.14. The van der Waals surface area contributed by atoms with E-state index in [9.17, 15) is 0 Å². The maximum Gasteiger partial charge on any atom is 0.235 e. The molecule has 0 amide bonds. The Hall–Kier alpha value is -2.80. The van der Waals surface area contributed by atoms with E-state index in [0.717, 1.165) is 26.8 Å². The molecule has 4 aromatic rings. The largest absolute Gasteiger partial charge is 0.497 e. The maximum atomic E-state index is 5.18. The molecule has 0 fully saturated rings. The summed E-state index contributed by atoms with van der Waals surface area (Å²) in [4.78, 5) is 4.78. The Morgan fingerprint density at radius 2 is 1.73 bits per heavy atom. The summed E-state index contributed by atoms with van der Waals surface area (Å²) in [7, 11) is 1.65. The number of pyridine rings is 1. The van der Waals surface area contributed by atoms with E-state index in [-0.39, 0.29) is 0 Å². The maximum absolute atomic E-state index is 5.18. The molecule has 0 aliphatic heterocycles. The quantitative estimate of drug-likeness (QED) is 0.582. The number of hydrogen-bond acceptors (Lipinski definition) is 6. The van der Waals surface area contributed by atoms with Gasteiger partial charge in [-0.05, 0) is 36.4 Å². The van der Waals surface area contributed by atoms with Gasteiger partial charge in [0.25, 0.3) is 0 Å². The number of aromatic nitrogens is 5. The van der Waals surface area contributed by atoms with Crippen LogP contribution in [0, 0.1) is 0 Å². The SMILES string of the molecule is COc1ccc(-c2nn3c(-c4ccncc4)nnc3s2)cc1. The zero-order chi connectivity index (χ0) is 14.9. The zero-order valence-corrected chi connectivity index (χ0v) is 12.5. The third kappa shape index (κ3) is 2.11. The topological polar surface area (TPSA) is 65.2 Å². The predicted molar refractivity (Wildman–Crippen MR) is 83.9 cm³/mol. The van der Waals surface area contributed by atoms with Gasteiger partial charge in [-0.2, -0.15) is 9.61 Å². The van der Waals surface area contributed by atoms with Gasteiger partial charge in [0.2, 0.25) is 4.96 Å². The standard InChI is InChI=1S/C15H11N5OS/c1-21-12-4-2-11(3-5-12)14-19-20-13(17-18-15(20)22-14)10-6-8-16-9-7-10/h2-9H,1H3.